The lowest BCUT2D eigenvalue weighted by Gasteiger charge is -2.03. The van der Waals surface area contributed by atoms with Crippen molar-refractivity contribution in [2.24, 2.45) is 0 Å². The van der Waals surface area contributed by atoms with Gasteiger partial charge in [-0.05, 0) is 29.3 Å². The van der Waals surface area contributed by atoms with Gasteiger partial charge in [-0.2, -0.15) is 0 Å². The van der Waals surface area contributed by atoms with Crippen molar-refractivity contribution in [3.63, 3.8) is 0 Å². The third-order valence-corrected chi connectivity index (χ3v) is 4.49. The highest BCUT2D eigenvalue weighted by molar-refractivity contribution is 9.10. The van der Waals surface area contributed by atoms with E-state index in [-0.39, 0.29) is 5.78 Å². The number of hydrogen-bond donors (Lipinski definition) is 0. The maximum atomic E-state index is 12.1. The third-order valence-electron chi connectivity index (χ3n) is 2.86. The minimum atomic E-state index is 0.0721. The van der Waals surface area contributed by atoms with Gasteiger partial charge in [0.2, 0.25) is 5.16 Å². The van der Waals surface area contributed by atoms with Crippen LogP contribution in [0.15, 0.2) is 33.9 Å². The lowest BCUT2D eigenvalue weighted by Crippen LogP contribution is -2.05. The molecule has 0 radical (unpaired) electrons. The third kappa shape index (κ3) is 2.87. The van der Waals surface area contributed by atoms with Gasteiger partial charge in [0.1, 0.15) is 0 Å². The summed E-state index contributed by atoms with van der Waals surface area (Å²) in [6.45, 7) is 0. The number of ketones is 1. The van der Waals surface area contributed by atoms with Gasteiger partial charge in [0, 0.05) is 10.0 Å². The van der Waals surface area contributed by atoms with Gasteiger partial charge in [-0.15, -0.1) is 5.10 Å². The Bertz CT molecular complexity index is 611. The van der Waals surface area contributed by atoms with Crippen molar-refractivity contribution in [1.29, 1.82) is 0 Å². The van der Waals surface area contributed by atoms with Crippen LogP contribution in [0, 0.1) is 0 Å². The Hall–Kier alpha value is -1.21. The van der Waals surface area contributed by atoms with Crippen molar-refractivity contribution in [1.82, 2.24) is 20.2 Å². The minimum absolute atomic E-state index is 0.0721. The first kappa shape index (κ1) is 12.8. The fourth-order valence-electron chi connectivity index (χ4n) is 1.72. The topological polar surface area (TPSA) is 60.7 Å². The van der Waals surface area contributed by atoms with Crippen LogP contribution < -0.4 is 0 Å². The molecule has 0 amide bonds. The van der Waals surface area contributed by atoms with E-state index < -0.39 is 0 Å². The maximum absolute atomic E-state index is 12.1. The predicted octanol–water partition coefficient (Wildman–Crippen LogP) is 2.75. The fourth-order valence-corrected chi connectivity index (χ4v) is 3.06. The van der Waals surface area contributed by atoms with E-state index in [1.807, 2.05) is 28.9 Å². The molecule has 98 valence electrons. The van der Waals surface area contributed by atoms with E-state index in [0.29, 0.717) is 17.4 Å². The predicted molar refractivity (Wildman–Crippen MR) is 75.3 cm³/mol. The zero-order valence-corrected chi connectivity index (χ0v) is 12.4. The summed E-state index contributed by atoms with van der Waals surface area (Å²) in [7, 11) is 0. The molecule has 5 nitrogen and oxygen atoms in total. The molecule has 1 aromatic heterocycles. The van der Waals surface area contributed by atoms with E-state index >= 15 is 0 Å². The van der Waals surface area contributed by atoms with Crippen LogP contribution >= 0.6 is 27.7 Å². The number of aromatic nitrogens is 4. The van der Waals surface area contributed by atoms with Gasteiger partial charge in [-0.1, -0.05) is 45.9 Å². The molecule has 0 saturated heterocycles. The number of thioether (sulfide) groups is 1. The smallest absolute Gasteiger partial charge is 0.210 e. The number of hydrogen-bond acceptors (Lipinski definition) is 5. The largest absolute Gasteiger partial charge is 0.293 e. The summed E-state index contributed by atoms with van der Waals surface area (Å²) in [5.41, 5.74) is 0.695. The lowest BCUT2D eigenvalue weighted by molar-refractivity contribution is 0.102. The molecular formula is C12H11BrN4OS. The molecule has 1 aliphatic rings. The number of halogens is 1. The molecule has 1 heterocycles. The molecule has 0 unspecified atom stereocenters. The number of carbonyl (C=O) groups excluding carboxylic acids is 1. The van der Waals surface area contributed by atoms with Crippen molar-refractivity contribution in [3.05, 3.63) is 34.3 Å². The minimum Gasteiger partial charge on any atom is -0.293 e. The highest BCUT2D eigenvalue weighted by Crippen LogP contribution is 2.36. The molecule has 1 aliphatic carbocycles. The van der Waals surface area contributed by atoms with Crippen LogP contribution in [-0.4, -0.2) is 31.7 Å². The molecular weight excluding hydrogens is 328 g/mol. The van der Waals surface area contributed by atoms with Crippen molar-refractivity contribution in [3.8, 4) is 0 Å². The van der Waals surface area contributed by atoms with Gasteiger partial charge in [0.05, 0.1) is 11.8 Å². The second-order valence-electron chi connectivity index (χ2n) is 4.33. The Balaban J connectivity index is 1.67. The van der Waals surface area contributed by atoms with Crippen LogP contribution in [-0.2, 0) is 0 Å². The average Bonchev–Trinajstić information content (AvgIpc) is 3.15. The van der Waals surface area contributed by atoms with Gasteiger partial charge in [-0.25, -0.2) is 4.68 Å². The monoisotopic (exact) mass is 338 g/mol. The van der Waals surface area contributed by atoms with Crippen LogP contribution in [0.1, 0.15) is 29.2 Å². The SMILES string of the molecule is O=C(CSc1nnnn1C1CC1)c1ccccc1Br. The summed E-state index contributed by atoms with van der Waals surface area (Å²) in [5, 5.41) is 12.3. The summed E-state index contributed by atoms with van der Waals surface area (Å²) in [6, 6.07) is 7.86. The first-order valence-electron chi connectivity index (χ1n) is 5.94. The van der Waals surface area contributed by atoms with E-state index in [9.17, 15) is 4.79 Å². The number of carbonyl (C=O) groups is 1. The Morgan fingerprint density at radius 3 is 2.95 bits per heavy atom. The van der Waals surface area contributed by atoms with Crippen LogP contribution in [0.5, 0.6) is 0 Å². The van der Waals surface area contributed by atoms with Crippen molar-refractivity contribution < 1.29 is 4.79 Å². The summed E-state index contributed by atoms with van der Waals surface area (Å²) in [5.74, 6) is 0.415. The fraction of sp³-hybridized carbons (Fsp3) is 0.333. The molecule has 19 heavy (non-hydrogen) atoms. The van der Waals surface area contributed by atoms with Crippen LogP contribution in [0.25, 0.3) is 0 Å². The van der Waals surface area contributed by atoms with Gasteiger partial charge in [0.25, 0.3) is 0 Å². The second-order valence-corrected chi connectivity index (χ2v) is 6.13. The lowest BCUT2D eigenvalue weighted by atomic mass is 10.1. The Labute approximate surface area is 122 Å². The van der Waals surface area contributed by atoms with E-state index in [2.05, 4.69) is 31.5 Å². The first-order chi connectivity index (χ1) is 9.25. The number of nitrogens with zero attached hydrogens (tertiary/aromatic N) is 4. The molecule has 0 aliphatic heterocycles. The molecule has 0 spiro atoms. The Morgan fingerprint density at radius 2 is 2.21 bits per heavy atom. The normalized spacial score (nSPS) is 14.6. The molecule has 1 saturated carbocycles. The van der Waals surface area contributed by atoms with E-state index in [4.69, 9.17) is 0 Å². The molecule has 2 aromatic rings. The van der Waals surface area contributed by atoms with Crippen LogP contribution in [0.2, 0.25) is 0 Å². The van der Waals surface area contributed by atoms with E-state index in [0.717, 1.165) is 22.5 Å². The van der Waals surface area contributed by atoms with Crippen LogP contribution in [0.4, 0.5) is 0 Å². The first-order valence-corrected chi connectivity index (χ1v) is 7.72. The molecule has 1 fully saturated rings. The van der Waals surface area contributed by atoms with Crippen LogP contribution in [0.3, 0.4) is 0 Å². The molecule has 0 N–H and O–H groups in total. The van der Waals surface area contributed by atoms with E-state index in [1.54, 1.807) is 0 Å². The van der Waals surface area contributed by atoms with Gasteiger partial charge < -0.3 is 0 Å². The number of rotatable bonds is 5. The quantitative estimate of drug-likeness (QED) is 0.619. The van der Waals surface area contributed by atoms with Crippen molar-refractivity contribution >= 4 is 33.5 Å². The van der Waals surface area contributed by atoms with Crippen molar-refractivity contribution in [2.45, 2.75) is 24.0 Å². The summed E-state index contributed by atoms with van der Waals surface area (Å²) >= 11 is 4.78. The van der Waals surface area contributed by atoms with E-state index in [1.165, 1.54) is 11.8 Å². The standard InChI is InChI=1S/C12H11BrN4OS/c13-10-4-2-1-3-9(10)11(18)7-19-12-14-15-16-17(12)8-5-6-8/h1-4,8H,5-7H2. The zero-order chi connectivity index (χ0) is 13.2. The molecule has 3 rings (SSSR count). The summed E-state index contributed by atoms with van der Waals surface area (Å²) < 4.78 is 2.64. The van der Waals surface area contributed by atoms with Gasteiger partial charge in [-0.3, -0.25) is 4.79 Å². The Morgan fingerprint density at radius 1 is 1.42 bits per heavy atom. The maximum Gasteiger partial charge on any atom is 0.210 e. The molecule has 1 aromatic carbocycles. The Kier molecular flexibility index (Phi) is 3.65. The summed E-state index contributed by atoms with van der Waals surface area (Å²) in [4.78, 5) is 12.1. The molecule has 0 bridgehead atoms. The summed E-state index contributed by atoms with van der Waals surface area (Å²) in [6.07, 6.45) is 2.24. The van der Waals surface area contributed by atoms with Crippen molar-refractivity contribution in [2.75, 3.05) is 5.75 Å². The zero-order valence-electron chi connectivity index (χ0n) is 9.99. The van der Waals surface area contributed by atoms with Gasteiger partial charge in [0.15, 0.2) is 5.78 Å². The highest BCUT2D eigenvalue weighted by Gasteiger charge is 2.28. The second kappa shape index (κ2) is 5.42. The number of tetrazole rings is 1. The van der Waals surface area contributed by atoms with Gasteiger partial charge >= 0.3 is 0 Å². The highest BCUT2D eigenvalue weighted by atomic mass is 79.9. The number of benzene rings is 1. The molecule has 7 heteroatoms. The average molecular weight is 339 g/mol. The molecule has 0 atom stereocenters. The number of Topliss-reactive ketones (excluding diaryl/α,β-unsaturated/α-hetero) is 1.